The number of H-pyrrole nitrogens is 1. The Morgan fingerprint density at radius 3 is 3.08 bits per heavy atom. The van der Waals surface area contributed by atoms with Crippen LogP contribution in [0, 0.1) is 6.92 Å². The second kappa shape index (κ2) is 8.02. The fourth-order valence-corrected chi connectivity index (χ4v) is 2.96. The van der Waals surface area contributed by atoms with Crippen molar-refractivity contribution >= 4 is 5.91 Å². The van der Waals surface area contributed by atoms with E-state index >= 15 is 0 Å². The molecule has 1 aliphatic heterocycles. The summed E-state index contributed by atoms with van der Waals surface area (Å²) in [5, 5.41) is 14.1. The number of rotatable bonds is 6. The van der Waals surface area contributed by atoms with Gasteiger partial charge < -0.3 is 15.6 Å². The summed E-state index contributed by atoms with van der Waals surface area (Å²) in [4.78, 5) is 30.3. The van der Waals surface area contributed by atoms with Crippen molar-refractivity contribution < 1.29 is 4.79 Å². The maximum absolute atomic E-state index is 12.2. The summed E-state index contributed by atoms with van der Waals surface area (Å²) in [7, 11) is 0. The summed E-state index contributed by atoms with van der Waals surface area (Å²) in [6, 6.07) is 1.88. The number of piperidine rings is 1. The summed E-state index contributed by atoms with van der Waals surface area (Å²) in [6.45, 7) is 3.67. The topological polar surface area (TPSA) is 118 Å². The van der Waals surface area contributed by atoms with Crippen LogP contribution in [-0.4, -0.2) is 43.5 Å². The van der Waals surface area contributed by atoms with Gasteiger partial charge in [-0.05, 0) is 32.7 Å². The summed E-state index contributed by atoms with van der Waals surface area (Å²) in [5.41, 5.74) is 0.530. The first-order chi connectivity index (χ1) is 12.1. The Morgan fingerprint density at radius 1 is 1.44 bits per heavy atom. The van der Waals surface area contributed by atoms with Crippen LogP contribution in [0.4, 0.5) is 0 Å². The molecule has 0 bridgehead atoms. The van der Waals surface area contributed by atoms with E-state index in [1.54, 1.807) is 17.8 Å². The Balaban J connectivity index is 1.50. The average molecular weight is 345 g/mol. The van der Waals surface area contributed by atoms with Gasteiger partial charge >= 0.3 is 0 Å². The normalized spacial score (nSPS) is 17.4. The molecular formula is C16H23N7O2. The zero-order valence-electron chi connectivity index (χ0n) is 14.3. The zero-order valence-corrected chi connectivity index (χ0v) is 14.3. The molecule has 0 saturated carbocycles. The molecule has 0 unspecified atom stereocenters. The SMILES string of the molecule is Cc1nc(CNC(=O)c2cn(CC[C@@H]3CCCCN3)nn2)cc(=O)[nH]1. The molecule has 3 heterocycles. The third-order valence-electron chi connectivity index (χ3n) is 4.23. The lowest BCUT2D eigenvalue weighted by molar-refractivity contribution is 0.0945. The van der Waals surface area contributed by atoms with E-state index in [0.29, 0.717) is 17.6 Å². The van der Waals surface area contributed by atoms with Crippen molar-refractivity contribution in [3.63, 3.8) is 0 Å². The summed E-state index contributed by atoms with van der Waals surface area (Å²) >= 11 is 0. The number of hydrogen-bond donors (Lipinski definition) is 3. The minimum atomic E-state index is -0.332. The summed E-state index contributed by atoms with van der Waals surface area (Å²) < 4.78 is 1.70. The van der Waals surface area contributed by atoms with Crippen LogP contribution in [0.2, 0.25) is 0 Å². The lowest BCUT2D eigenvalue weighted by Gasteiger charge is -2.23. The average Bonchev–Trinajstić information content (AvgIpc) is 3.07. The Hall–Kier alpha value is -2.55. The van der Waals surface area contributed by atoms with E-state index < -0.39 is 0 Å². The quantitative estimate of drug-likeness (QED) is 0.685. The number of aromatic nitrogens is 5. The fraction of sp³-hybridized carbons (Fsp3) is 0.562. The van der Waals surface area contributed by atoms with Crippen LogP contribution >= 0.6 is 0 Å². The molecule has 2 aromatic rings. The standard InChI is InChI=1S/C16H23N7O2/c1-11-19-13(8-15(24)20-11)9-18-16(25)14-10-23(22-21-14)7-5-12-4-2-3-6-17-12/h8,10,12,17H,2-7,9H2,1H3,(H,18,25)(H,19,20,24)/t12-/m0/s1. The molecule has 3 rings (SSSR count). The van der Waals surface area contributed by atoms with E-state index in [0.717, 1.165) is 19.5 Å². The number of aryl methyl sites for hydroxylation is 2. The predicted molar refractivity (Wildman–Crippen MR) is 91.0 cm³/mol. The molecule has 3 N–H and O–H groups in total. The van der Waals surface area contributed by atoms with E-state index in [4.69, 9.17) is 0 Å². The number of nitrogens with zero attached hydrogens (tertiary/aromatic N) is 4. The molecule has 134 valence electrons. The van der Waals surface area contributed by atoms with Gasteiger partial charge in [-0.1, -0.05) is 11.6 Å². The molecule has 1 fully saturated rings. The van der Waals surface area contributed by atoms with Gasteiger partial charge in [-0.3, -0.25) is 14.3 Å². The van der Waals surface area contributed by atoms with Crippen molar-refractivity contribution in [1.29, 1.82) is 0 Å². The molecule has 9 heteroatoms. The highest BCUT2D eigenvalue weighted by Crippen LogP contribution is 2.10. The van der Waals surface area contributed by atoms with Gasteiger partial charge in [0, 0.05) is 18.7 Å². The molecule has 25 heavy (non-hydrogen) atoms. The summed E-state index contributed by atoms with van der Waals surface area (Å²) in [5.74, 6) is 0.181. The van der Waals surface area contributed by atoms with Crippen LogP contribution in [0.15, 0.2) is 17.1 Å². The smallest absolute Gasteiger partial charge is 0.273 e. The Morgan fingerprint density at radius 2 is 2.32 bits per heavy atom. The number of amides is 1. The molecule has 1 amide bonds. The van der Waals surface area contributed by atoms with Crippen molar-refractivity contribution in [2.45, 2.75) is 51.7 Å². The minimum absolute atomic E-state index is 0.169. The number of carbonyl (C=O) groups excluding carboxylic acids is 1. The lowest BCUT2D eigenvalue weighted by atomic mass is 10.0. The molecule has 0 radical (unpaired) electrons. The molecule has 9 nitrogen and oxygen atoms in total. The highest BCUT2D eigenvalue weighted by Gasteiger charge is 2.14. The molecule has 1 saturated heterocycles. The van der Waals surface area contributed by atoms with Crippen LogP contribution in [0.3, 0.4) is 0 Å². The number of aromatic amines is 1. The van der Waals surface area contributed by atoms with Crippen LogP contribution in [-0.2, 0) is 13.1 Å². The van der Waals surface area contributed by atoms with Gasteiger partial charge in [0.2, 0.25) is 0 Å². The second-order valence-electron chi connectivity index (χ2n) is 6.31. The third kappa shape index (κ3) is 4.96. The van der Waals surface area contributed by atoms with E-state index in [1.807, 2.05) is 0 Å². The number of hydrogen-bond acceptors (Lipinski definition) is 6. The molecule has 1 atom stereocenters. The van der Waals surface area contributed by atoms with Crippen molar-refractivity contribution in [3.8, 4) is 0 Å². The van der Waals surface area contributed by atoms with Crippen LogP contribution in [0.25, 0.3) is 0 Å². The molecule has 0 spiro atoms. The van der Waals surface area contributed by atoms with Gasteiger partial charge in [-0.2, -0.15) is 0 Å². The number of nitrogens with one attached hydrogen (secondary N) is 3. The van der Waals surface area contributed by atoms with Gasteiger partial charge in [0.15, 0.2) is 5.69 Å². The molecular weight excluding hydrogens is 322 g/mol. The van der Waals surface area contributed by atoms with E-state index in [1.165, 1.54) is 25.3 Å². The molecule has 0 aliphatic carbocycles. The monoisotopic (exact) mass is 345 g/mol. The van der Waals surface area contributed by atoms with Crippen LogP contribution in [0.5, 0.6) is 0 Å². The fourth-order valence-electron chi connectivity index (χ4n) is 2.96. The first-order valence-corrected chi connectivity index (χ1v) is 8.59. The van der Waals surface area contributed by atoms with E-state index in [9.17, 15) is 9.59 Å². The van der Waals surface area contributed by atoms with Crippen molar-refractivity contribution in [1.82, 2.24) is 35.6 Å². The first-order valence-electron chi connectivity index (χ1n) is 8.59. The van der Waals surface area contributed by atoms with Crippen LogP contribution < -0.4 is 16.2 Å². The second-order valence-corrected chi connectivity index (χ2v) is 6.31. The highest BCUT2D eigenvalue weighted by molar-refractivity contribution is 5.91. The zero-order chi connectivity index (χ0) is 17.6. The van der Waals surface area contributed by atoms with Gasteiger partial charge in [0.25, 0.3) is 11.5 Å². The molecule has 1 aliphatic rings. The van der Waals surface area contributed by atoms with Gasteiger partial charge in [0.05, 0.1) is 18.4 Å². The molecule has 2 aromatic heterocycles. The Kier molecular flexibility index (Phi) is 5.54. The van der Waals surface area contributed by atoms with Crippen molar-refractivity contribution in [2.24, 2.45) is 0 Å². The number of carbonyl (C=O) groups is 1. The van der Waals surface area contributed by atoms with E-state index in [-0.39, 0.29) is 23.7 Å². The molecule has 0 aromatic carbocycles. The van der Waals surface area contributed by atoms with Gasteiger partial charge in [0.1, 0.15) is 5.82 Å². The van der Waals surface area contributed by atoms with Crippen molar-refractivity contribution in [3.05, 3.63) is 39.8 Å². The first kappa shape index (κ1) is 17.3. The van der Waals surface area contributed by atoms with Gasteiger partial charge in [-0.15, -0.1) is 5.10 Å². The Labute approximate surface area is 145 Å². The van der Waals surface area contributed by atoms with Crippen molar-refractivity contribution in [2.75, 3.05) is 6.54 Å². The highest BCUT2D eigenvalue weighted by atomic mass is 16.2. The Bertz CT molecular complexity index is 777. The predicted octanol–water partition coefficient (Wildman–Crippen LogP) is 0.132. The third-order valence-corrected chi connectivity index (χ3v) is 4.23. The summed E-state index contributed by atoms with van der Waals surface area (Å²) in [6.07, 6.45) is 6.31. The minimum Gasteiger partial charge on any atom is -0.345 e. The van der Waals surface area contributed by atoms with Gasteiger partial charge in [-0.25, -0.2) is 4.98 Å². The maximum atomic E-state index is 12.2. The lowest BCUT2D eigenvalue weighted by Crippen LogP contribution is -2.34. The largest absolute Gasteiger partial charge is 0.345 e. The van der Waals surface area contributed by atoms with Crippen LogP contribution in [0.1, 0.15) is 47.7 Å². The van der Waals surface area contributed by atoms with E-state index in [2.05, 4.69) is 30.9 Å². The maximum Gasteiger partial charge on any atom is 0.273 e.